The third-order valence-corrected chi connectivity index (χ3v) is 8.05. The minimum atomic E-state index is -0.344. The van der Waals surface area contributed by atoms with Crippen molar-refractivity contribution in [3.63, 3.8) is 0 Å². The van der Waals surface area contributed by atoms with E-state index >= 15 is 0 Å². The van der Waals surface area contributed by atoms with Gasteiger partial charge in [-0.05, 0) is 89.0 Å². The Bertz CT molecular complexity index is 1450. The maximum atomic E-state index is 12.4. The van der Waals surface area contributed by atoms with Crippen LogP contribution in [0.25, 0.3) is 16.5 Å². The molecule has 0 bridgehead atoms. The maximum absolute atomic E-state index is 12.4. The van der Waals surface area contributed by atoms with E-state index in [1.54, 1.807) is 6.20 Å². The van der Waals surface area contributed by atoms with Crippen molar-refractivity contribution < 1.29 is 14.3 Å². The van der Waals surface area contributed by atoms with E-state index in [2.05, 4.69) is 38.9 Å². The highest BCUT2D eigenvalue weighted by atomic mass is 16.6. The molecule has 2 aromatic heterocycles. The second-order valence-electron chi connectivity index (χ2n) is 10.9. The number of amides is 1. The van der Waals surface area contributed by atoms with E-state index in [4.69, 9.17) is 15.2 Å². The van der Waals surface area contributed by atoms with E-state index in [-0.39, 0.29) is 18.2 Å². The molecule has 2 atom stereocenters. The van der Waals surface area contributed by atoms with Crippen molar-refractivity contribution in [2.24, 2.45) is 5.92 Å². The molecule has 0 radical (unpaired) electrons. The number of hydrogen-bond acceptors (Lipinski definition) is 6. The summed E-state index contributed by atoms with van der Waals surface area (Å²) < 4.78 is 14.0. The summed E-state index contributed by atoms with van der Waals surface area (Å²) in [6.45, 7) is 6.01. The normalized spacial score (nSPS) is 20.3. The molecule has 2 saturated carbocycles. The monoisotopic (exact) mass is 513 g/mol. The lowest BCUT2D eigenvalue weighted by molar-refractivity contribution is 0.0937. The highest BCUT2D eigenvalue weighted by molar-refractivity contribution is 6.01. The van der Waals surface area contributed by atoms with Gasteiger partial charge in [0.2, 0.25) is 0 Å². The number of nitrogen functional groups attached to an aromatic ring is 1. The summed E-state index contributed by atoms with van der Waals surface area (Å²) in [6, 6.07) is 8.45. The van der Waals surface area contributed by atoms with Crippen LogP contribution in [0.5, 0.6) is 11.8 Å². The highest BCUT2D eigenvalue weighted by Crippen LogP contribution is 2.45. The number of benzene rings is 1. The van der Waals surface area contributed by atoms with Crippen molar-refractivity contribution in [2.75, 3.05) is 5.73 Å². The van der Waals surface area contributed by atoms with E-state index < -0.39 is 0 Å². The van der Waals surface area contributed by atoms with Gasteiger partial charge < -0.3 is 25.1 Å². The lowest BCUT2D eigenvalue weighted by Gasteiger charge is -2.31. The molecule has 2 fully saturated rings. The molecular formula is C30H35N5O3. The van der Waals surface area contributed by atoms with Gasteiger partial charge in [0.1, 0.15) is 11.9 Å². The molecular weight excluding hydrogens is 478 g/mol. The molecule has 0 spiro atoms. The van der Waals surface area contributed by atoms with Crippen molar-refractivity contribution in [2.45, 2.75) is 77.5 Å². The van der Waals surface area contributed by atoms with Gasteiger partial charge in [0.15, 0.2) is 0 Å². The fourth-order valence-corrected chi connectivity index (χ4v) is 5.52. The number of aryl methyl sites for hydroxylation is 1. The van der Waals surface area contributed by atoms with Gasteiger partial charge in [0.25, 0.3) is 0 Å². The standard InChI is InChI=1S/C30H35N5O3/c1-17-15-21(34-30(36)37-19(3)20-7-8-20)9-11-24(17)28-27(31)25-12-10-23(38-29-32-14-13-18(2)33-29)16-26(25)35(28)22-5-4-6-22/h9-14,16,19-22H,4-8,15,31H2,1-3H3,(H,34,36)/t19-,21?/m1/s1. The first-order valence-corrected chi connectivity index (χ1v) is 13.6. The predicted molar refractivity (Wildman–Crippen MR) is 148 cm³/mol. The number of nitrogens with one attached hydrogen (secondary N) is 1. The van der Waals surface area contributed by atoms with Gasteiger partial charge in [-0.2, -0.15) is 0 Å². The number of carbonyl (C=O) groups excluding carboxylic acids is 1. The van der Waals surface area contributed by atoms with Gasteiger partial charge in [-0.1, -0.05) is 17.7 Å². The summed E-state index contributed by atoms with van der Waals surface area (Å²) in [5.74, 6) is 1.20. The Morgan fingerprint density at radius 2 is 2.00 bits per heavy atom. The topological polar surface area (TPSA) is 104 Å². The summed E-state index contributed by atoms with van der Waals surface area (Å²) in [6.07, 6.45) is 11.9. The molecule has 0 saturated heterocycles. The van der Waals surface area contributed by atoms with Crippen LogP contribution in [-0.4, -0.2) is 32.8 Å². The molecule has 8 nitrogen and oxygen atoms in total. The van der Waals surface area contributed by atoms with Crippen LogP contribution in [0.2, 0.25) is 0 Å². The molecule has 38 heavy (non-hydrogen) atoms. The summed E-state index contributed by atoms with van der Waals surface area (Å²) >= 11 is 0. The molecule has 198 valence electrons. The fourth-order valence-electron chi connectivity index (χ4n) is 5.52. The van der Waals surface area contributed by atoms with E-state index in [0.717, 1.165) is 59.2 Å². The highest BCUT2D eigenvalue weighted by Gasteiger charge is 2.32. The summed E-state index contributed by atoms with van der Waals surface area (Å²) in [5.41, 5.74) is 12.9. The Morgan fingerprint density at radius 3 is 2.68 bits per heavy atom. The molecule has 1 aromatic carbocycles. The van der Waals surface area contributed by atoms with Crippen LogP contribution < -0.4 is 15.8 Å². The number of aromatic nitrogens is 3. The van der Waals surface area contributed by atoms with Crippen molar-refractivity contribution in [3.05, 3.63) is 59.6 Å². The average Bonchev–Trinajstić information content (AvgIpc) is 3.65. The van der Waals surface area contributed by atoms with Crippen molar-refractivity contribution in [1.29, 1.82) is 0 Å². The van der Waals surface area contributed by atoms with Crippen LogP contribution in [0.3, 0.4) is 0 Å². The summed E-state index contributed by atoms with van der Waals surface area (Å²) in [7, 11) is 0. The average molecular weight is 514 g/mol. The van der Waals surface area contributed by atoms with E-state index in [9.17, 15) is 4.79 Å². The summed E-state index contributed by atoms with van der Waals surface area (Å²) in [4.78, 5) is 21.0. The fraction of sp³-hybridized carbons (Fsp3) is 0.433. The number of alkyl carbamates (subject to hydrolysis) is 1. The molecule has 6 rings (SSSR count). The van der Waals surface area contributed by atoms with Crippen LogP contribution in [0.1, 0.15) is 69.8 Å². The Hall–Kier alpha value is -3.81. The van der Waals surface area contributed by atoms with Crippen molar-refractivity contribution in [3.8, 4) is 11.8 Å². The van der Waals surface area contributed by atoms with Gasteiger partial charge in [-0.15, -0.1) is 0 Å². The van der Waals surface area contributed by atoms with E-state index in [1.807, 2.05) is 38.1 Å². The Balaban J connectivity index is 1.29. The number of hydrogen-bond donors (Lipinski definition) is 2. The minimum Gasteiger partial charge on any atom is -0.446 e. The Labute approximate surface area is 222 Å². The van der Waals surface area contributed by atoms with Crippen LogP contribution in [0, 0.1) is 12.8 Å². The lowest BCUT2D eigenvalue weighted by atomic mass is 9.90. The Kier molecular flexibility index (Phi) is 6.33. The third-order valence-electron chi connectivity index (χ3n) is 8.05. The molecule has 8 heteroatoms. The largest absolute Gasteiger partial charge is 0.446 e. The Morgan fingerprint density at radius 1 is 1.18 bits per heavy atom. The van der Waals surface area contributed by atoms with Crippen LogP contribution in [0.15, 0.2) is 48.2 Å². The second kappa shape index (κ2) is 9.82. The molecule has 1 unspecified atom stereocenters. The number of allylic oxidation sites excluding steroid dienone is 2. The third kappa shape index (κ3) is 4.75. The number of nitrogens with zero attached hydrogens (tertiary/aromatic N) is 3. The van der Waals surface area contributed by atoms with Gasteiger partial charge in [-0.25, -0.2) is 14.8 Å². The SMILES string of the molecule is CC1=C(c2c(N)c3ccc(Oc4nccc(C)n4)cc3n2C2CCC2)C=CC(NC(=O)O[C@H](C)C2CC2)C1. The minimum absolute atomic E-state index is 0.0286. The van der Waals surface area contributed by atoms with Crippen molar-refractivity contribution >= 4 is 28.3 Å². The number of anilines is 1. The van der Waals surface area contributed by atoms with Crippen molar-refractivity contribution in [1.82, 2.24) is 19.9 Å². The van der Waals surface area contributed by atoms with Crippen LogP contribution in [0.4, 0.5) is 10.5 Å². The zero-order chi connectivity index (χ0) is 26.4. The number of nitrogens with two attached hydrogens (primary N) is 1. The number of ether oxygens (including phenoxy) is 2. The van der Waals surface area contributed by atoms with Crippen LogP contribution >= 0.6 is 0 Å². The van der Waals surface area contributed by atoms with E-state index in [1.165, 1.54) is 12.0 Å². The van der Waals surface area contributed by atoms with Gasteiger partial charge in [0, 0.05) is 29.4 Å². The van der Waals surface area contributed by atoms with Gasteiger partial charge >= 0.3 is 12.1 Å². The molecule has 3 aromatic rings. The van der Waals surface area contributed by atoms with E-state index in [0.29, 0.717) is 30.1 Å². The molecule has 3 aliphatic carbocycles. The van der Waals surface area contributed by atoms with Gasteiger partial charge in [0.05, 0.1) is 22.9 Å². The first kappa shape index (κ1) is 24.5. The first-order valence-electron chi connectivity index (χ1n) is 13.6. The molecule has 0 aliphatic heterocycles. The molecule has 1 amide bonds. The number of rotatable bonds is 7. The zero-order valence-electron chi connectivity index (χ0n) is 22.2. The lowest BCUT2D eigenvalue weighted by Crippen LogP contribution is -2.37. The predicted octanol–water partition coefficient (Wildman–Crippen LogP) is 6.47. The maximum Gasteiger partial charge on any atom is 0.407 e. The zero-order valence-corrected chi connectivity index (χ0v) is 22.2. The number of carbonyl (C=O) groups is 1. The van der Waals surface area contributed by atoms with Gasteiger partial charge in [-0.3, -0.25) is 0 Å². The quantitative estimate of drug-likeness (QED) is 0.375. The second-order valence-corrected chi connectivity index (χ2v) is 10.9. The first-order chi connectivity index (χ1) is 18.4. The van der Waals surface area contributed by atoms with Crippen LogP contribution in [-0.2, 0) is 4.74 Å². The molecule has 3 aliphatic rings. The summed E-state index contributed by atoms with van der Waals surface area (Å²) in [5, 5.41) is 4.03. The molecule has 3 N–H and O–H groups in total. The smallest absolute Gasteiger partial charge is 0.407 e. The molecule has 2 heterocycles. The number of fused-ring (bicyclic) bond motifs is 1.